The fourth-order valence-corrected chi connectivity index (χ4v) is 4.41. The van der Waals surface area contributed by atoms with Gasteiger partial charge >= 0.3 is 6.03 Å². The first-order chi connectivity index (χ1) is 13.7. The predicted molar refractivity (Wildman–Crippen MR) is 113 cm³/mol. The first-order valence-corrected chi connectivity index (χ1v) is 10.4. The molecule has 1 aromatic carbocycles. The second-order valence-corrected chi connectivity index (χ2v) is 8.75. The van der Waals surface area contributed by atoms with Crippen molar-refractivity contribution in [2.75, 3.05) is 25.0 Å². The van der Waals surface area contributed by atoms with Crippen molar-refractivity contribution in [3.63, 3.8) is 0 Å². The predicted octanol–water partition coefficient (Wildman–Crippen LogP) is 2.67. The number of carbonyl (C=O) groups excluding carboxylic acids is 3. The van der Waals surface area contributed by atoms with Crippen molar-refractivity contribution >= 4 is 23.5 Å². The Hall–Kier alpha value is -2.57. The summed E-state index contributed by atoms with van der Waals surface area (Å²) in [5.74, 6) is 0.0596. The zero-order valence-corrected chi connectivity index (χ0v) is 18.0. The Morgan fingerprint density at radius 2 is 1.72 bits per heavy atom. The quantitative estimate of drug-likeness (QED) is 0.745. The number of piperidine rings is 1. The molecule has 1 aromatic rings. The molecule has 1 unspecified atom stereocenters. The molecule has 29 heavy (non-hydrogen) atoms. The van der Waals surface area contributed by atoms with E-state index < -0.39 is 5.54 Å². The average molecular weight is 401 g/mol. The molecule has 0 saturated carbocycles. The van der Waals surface area contributed by atoms with Crippen LogP contribution < -0.4 is 10.6 Å². The molecular weight excluding hydrogens is 368 g/mol. The molecule has 2 aliphatic rings. The minimum Gasteiger partial charge on any atom is -0.373 e. The average Bonchev–Trinajstić information content (AvgIpc) is 2.88. The monoisotopic (exact) mass is 400 g/mol. The molecule has 0 aromatic heterocycles. The minimum absolute atomic E-state index is 0.0163. The number of benzene rings is 1. The van der Waals surface area contributed by atoms with Crippen LogP contribution in [-0.4, -0.2) is 58.9 Å². The standard InChI is InChI=1S/C22H32N4O3/c1-14(2)13-26-21(29)24-20(28)22(26)9-11-25(12-10-22)19(27)17(5)23-18-15(3)7-6-8-16(18)4/h6-8,14,17,23H,9-13H2,1-5H3,(H,24,28,29). The normalized spacial score (nSPS) is 19.7. The van der Waals surface area contributed by atoms with Crippen LogP contribution in [-0.2, 0) is 9.59 Å². The number of rotatable bonds is 5. The van der Waals surface area contributed by atoms with Gasteiger partial charge < -0.3 is 15.1 Å². The van der Waals surface area contributed by atoms with Gasteiger partial charge in [0.1, 0.15) is 11.6 Å². The van der Waals surface area contributed by atoms with Gasteiger partial charge in [-0.25, -0.2) is 4.79 Å². The van der Waals surface area contributed by atoms with Gasteiger partial charge in [-0.15, -0.1) is 0 Å². The van der Waals surface area contributed by atoms with E-state index in [4.69, 9.17) is 0 Å². The largest absolute Gasteiger partial charge is 0.373 e. The number of para-hydroxylation sites is 1. The third-order valence-corrected chi connectivity index (χ3v) is 6.07. The van der Waals surface area contributed by atoms with Crippen LogP contribution in [0.4, 0.5) is 10.5 Å². The smallest absolute Gasteiger partial charge is 0.325 e. The van der Waals surface area contributed by atoms with E-state index in [0.29, 0.717) is 32.5 Å². The summed E-state index contributed by atoms with van der Waals surface area (Å²) in [7, 11) is 0. The van der Waals surface area contributed by atoms with Crippen molar-refractivity contribution in [3.05, 3.63) is 29.3 Å². The maximum atomic E-state index is 13.0. The molecule has 2 saturated heterocycles. The first kappa shape index (κ1) is 21.1. The number of hydrogen-bond donors (Lipinski definition) is 2. The van der Waals surface area contributed by atoms with Gasteiger partial charge in [-0.05, 0) is 50.7 Å². The van der Waals surface area contributed by atoms with E-state index in [9.17, 15) is 14.4 Å². The van der Waals surface area contributed by atoms with Gasteiger partial charge in [0.15, 0.2) is 0 Å². The van der Waals surface area contributed by atoms with Crippen LogP contribution in [0.5, 0.6) is 0 Å². The van der Waals surface area contributed by atoms with Crippen LogP contribution in [0.1, 0.15) is 44.7 Å². The summed E-state index contributed by atoms with van der Waals surface area (Å²) in [5.41, 5.74) is 2.38. The van der Waals surface area contributed by atoms with E-state index in [1.807, 2.05) is 52.8 Å². The molecule has 2 aliphatic heterocycles. The third kappa shape index (κ3) is 3.95. The molecule has 4 amide bonds. The van der Waals surface area contributed by atoms with Crippen LogP contribution >= 0.6 is 0 Å². The lowest BCUT2D eigenvalue weighted by molar-refractivity contribution is -0.138. The van der Waals surface area contributed by atoms with E-state index in [0.717, 1.165) is 16.8 Å². The number of hydrogen-bond acceptors (Lipinski definition) is 4. The maximum Gasteiger partial charge on any atom is 0.325 e. The van der Waals surface area contributed by atoms with Crippen molar-refractivity contribution in [3.8, 4) is 0 Å². The Bertz CT molecular complexity index is 792. The first-order valence-electron chi connectivity index (χ1n) is 10.4. The van der Waals surface area contributed by atoms with E-state index in [1.54, 1.807) is 9.80 Å². The summed E-state index contributed by atoms with van der Waals surface area (Å²) < 4.78 is 0. The molecule has 7 heteroatoms. The third-order valence-electron chi connectivity index (χ3n) is 6.07. The van der Waals surface area contributed by atoms with Gasteiger partial charge in [-0.2, -0.15) is 0 Å². The van der Waals surface area contributed by atoms with Gasteiger partial charge in [-0.3, -0.25) is 14.9 Å². The fourth-order valence-electron chi connectivity index (χ4n) is 4.41. The van der Waals surface area contributed by atoms with Crippen molar-refractivity contribution in [2.24, 2.45) is 5.92 Å². The van der Waals surface area contributed by atoms with Crippen molar-refractivity contribution in [1.29, 1.82) is 0 Å². The van der Waals surface area contributed by atoms with Crippen LogP contribution in [0.2, 0.25) is 0 Å². The maximum absolute atomic E-state index is 13.0. The Kier molecular flexibility index (Phi) is 5.87. The van der Waals surface area contributed by atoms with E-state index >= 15 is 0 Å². The zero-order chi connectivity index (χ0) is 21.3. The number of urea groups is 1. The van der Waals surface area contributed by atoms with E-state index in [1.165, 1.54) is 0 Å². The zero-order valence-electron chi connectivity index (χ0n) is 18.0. The Balaban J connectivity index is 1.67. The number of carbonyl (C=O) groups is 3. The lowest BCUT2D eigenvalue weighted by atomic mass is 9.85. The van der Waals surface area contributed by atoms with Crippen LogP contribution in [0.15, 0.2) is 18.2 Å². The second-order valence-electron chi connectivity index (χ2n) is 8.75. The summed E-state index contributed by atoms with van der Waals surface area (Å²) in [4.78, 5) is 41.4. The molecule has 2 N–H and O–H groups in total. The number of anilines is 1. The molecule has 2 heterocycles. The number of aryl methyl sites for hydroxylation is 2. The fraction of sp³-hybridized carbons (Fsp3) is 0.591. The second kappa shape index (κ2) is 8.05. The SMILES string of the molecule is Cc1cccc(C)c1NC(C)C(=O)N1CCC2(CC1)C(=O)NC(=O)N2CC(C)C. The molecule has 0 bridgehead atoms. The highest BCUT2D eigenvalue weighted by Crippen LogP contribution is 2.34. The summed E-state index contributed by atoms with van der Waals surface area (Å²) >= 11 is 0. The molecule has 1 atom stereocenters. The molecule has 158 valence electrons. The number of nitrogens with one attached hydrogen (secondary N) is 2. The number of amides is 4. The van der Waals surface area contributed by atoms with Gasteiger partial charge in [0.25, 0.3) is 5.91 Å². The molecule has 0 aliphatic carbocycles. The Morgan fingerprint density at radius 1 is 1.14 bits per heavy atom. The van der Waals surface area contributed by atoms with Crippen molar-refractivity contribution < 1.29 is 14.4 Å². The lowest BCUT2D eigenvalue weighted by Crippen LogP contribution is -2.59. The summed E-state index contributed by atoms with van der Waals surface area (Å²) in [6, 6.07) is 5.37. The summed E-state index contributed by atoms with van der Waals surface area (Å²) in [6.07, 6.45) is 0.943. The van der Waals surface area contributed by atoms with Gasteiger partial charge in [0.2, 0.25) is 5.91 Å². The number of imide groups is 1. The minimum atomic E-state index is -0.818. The molecular formula is C22H32N4O3. The molecule has 7 nitrogen and oxygen atoms in total. The highest BCUT2D eigenvalue weighted by Gasteiger charge is 2.54. The molecule has 2 fully saturated rings. The molecule has 3 rings (SSSR count). The van der Waals surface area contributed by atoms with E-state index in [2.05, 4.69) is 10.6 Å². The summed E-state index contributed by atoms with van der Waals surface area (Å²) in [6.45, 7) is 11.4. The number of likely N-dealkylation sites (tertiary alicyclic amines) is 1. The highest BCUT2D eigenvalue weighted by atomic mass is 16.2. The Morgan fingerprint density at radius 3 is 2.28 bits per heavy atom. The lowest BCUT2D eigenvalue weighted by Gasteiger charge is -2.43. The Labute approximate surface area is 172 Å². The van der Waals surface area contributed by atoms with Gasteiger partial charge in [0.05, 0.1) is 0 Å². The van der Waals surface area contributed by atoms with Crippen molar-refractivity contribution in [2.45, 2.75) is 59.0 Å². The van der Waals surface area contributed by atoms with Crippen molar-refractivity contribution in [1.82, 2.24) is 15.1 Å². The van der Waals surface area contributed by atoms with E-state index in [-0.39, 0.29) is 29.8 Å². The van der Waals surface area contributed by atoms with Crippen LogP contribution in [0.25, 0.3) is 0 Å². The molecule has 1 spiro atoms. The van der Waals surface area contributed by atoms with Gasteiger partial charge in [0, 0.05) is 25.3 Å². The highest BCUT2D eigenvalue weighted by molar-refractivity contribution is 6.07. The molecule has 0 radical (unpaired) electrons. The number of nitrogens with zero attached hydrogens (tertiary/aromatic N) is 2. The van der Waals surface area contributed by atoms with Crippen LogP contribution in [0, 0.1) is 19.8 Å². The van der Waals surface area contributed by atoms with Crippen LogP contribution in [0.3, 0.4) is 0 Å². The van der Waals surface area contributed by atoms with Gasteiger partial charge in [-0.1, -0.05) is 32.0 Å². The topological polar surface area (TPSA) is 81.8 Å². The summed E-state index contributed by atoms with van der Waals surface area (Å²) in [5, 5.41) is 5.83.